The molecular weight excluding hydrogens is 384 g/mol. The highest BCUT2D eigenvalue weighted by molar-refractivity contribution is 5.89. The van der Waals surface area contributed by atoms with Crippen LogP contribution in [0.25, 0.3) is 0 Å². The summed E-state index contributed by atoms with van der Waals surface area (Å²) in [7, 11) is 1.62. The Kier molecular flexibility index (Phi) is 6.18. The van der Waals surface area contributed by atoms with Crippen molar-refractivity contribution in [2.75, 3.05) is 74.7 Å². The largest absolute Gasteiger partial charge is 0.497 e. The first kappa shape index (κ1) is 20.2. The summed E-state index contributed by atoms with van der Waals surface area (Å²) in [6.45, 7) is 7.75. The summed E-state index contributed by atoms with van der Waals surface area (Å²) in [6, 6.07) is 9.25. The van der Waals surface area contributed by atoms with Gasteiger partial charge in [-0.2, -0.15) is 4.98 Å². The molecule has 1 N–H and O–H groups in total. The predicted octanol–water partition coefficient (Wildman–Crippen LogP) is 1.98. The predicted molar refractivity (Wildman–Crippen MR) is 116 cm³/mol. The smallest absolute Gasteiger partial charge is 0.321 e. The molecule has 9 nitrogen and oxygen atoms in total. The second-order valence-electron chi connectivity index (χ2n) is 7.40. The molecule has 0 saturated carbocycles. The minimum atomic E-state index is -0.0982. The number of amides is 2. The fourth-order valence-corrected chi connectivity index (χ4v) is 3.62. The van der Waals surface area contributed by atoms with Gasteiger partial charge in [0.05, 0.1) is 20.3 Å². The molecule has 1 aromatic carbocycles. The summed E-state index contributed by atoms with van der Waals surface area (Å²) >= 11 is 0. The molecule has 9 heteroatoms. The lowest BCUT2D eigenvalue weighted by atomic mass is 10.3. The van der Waals surface area contributed by atoms with Crippen LogP contribution in [0.4, 0.5) is 22.2 Å². The molecule has 4 rings (SSSR count). The van der Waals surface area contributed by atoms with E-state index >= 15 is 0 Å². The fraction of sp³-hybridized carbons (Fsp3) is 0.476. The molecule has 2 fully saturated rings. The molecule has 1 aromatic heterocycles. The van der Waals surface area contributed by atoms with E-state index in [1.54, 1.807) is 7.11 Å². The van der Waals surface area contributed by atoms with Crippen LogP contribution in [0.5, 0.6) is 5.75 Å². The van der Waals surface area contributed by atoms with Crippen molar-refractivity contribution in [1.82, 2.24) is 14.9 Å². The minimum absolute atomic E-state index is 0.0982. The normalized spacial score (nSPS) is 17.1. The van der Waals surface area contributed by atoms with Crippen molar-refractivity contribution < 1.29 is 14.3 Å². The molecule has 30 heavy (non-hydrogen) atoms. The lowest BCUT2D eigenvalue weighted by molar-refractivity contribution is 0.122. The number of morpholine rings is 1. The van der Waals surface area contributed by atoms with Gasteiger partial charge in [0.1, 0.15) is 11.6 Å². The number of methoxy groups -OCH3 is 1. The van der Waals surface area contributed by atoms with Crippen molar-refractivity contribution >= 4 is 23.5 Å². The molecule has 2 aliphatic rings. The number of aromatic nitrogens is 2. The molecule has 0 radical (unpaired) electrons. The summed E-state index contributed by atoms with van der Waals surface area (Å²) in [6.07, 6.45) is 0. The van der Waals surface area contributed by atoms with Crippen molar-refractivity contribution in [2.45, 2.75) is 6.92 Å². The maximum Gasteiger partial charge on any atom is 0.321 e. The SMILES string of the molecule is COc1ccc(NC(=O)N2CCN(c3nc(C)cc(N4CCOCC4)n3)CC2)cc1. The second-order valence-corrected chi connectivity index (χ2v) is 7.40. The van der Waals surface area contributed by atoms with Gasteiger partial charge < -0.3 is 29.5 Å². The van der Waals surface area contributed by atoms with E-state index in [9.17, 15) is 4.79 Å². The Morgan fingerprint density at radius 2 is 1.70 bits per heavy atom. The van der Waals surface area contributed by atoms with Crippen LogP contribution in [0.2, 0.25) is 0 Å². The third-order valence-electron chi connectivity index (χ3n) is 5.35. The number of anilines is 3. The van der Waals surface area contributed by atoms with E-state index in [1.165, 1.54) is 0 Å². The highest BCUT2D eigenvalue weighted by Crippen LogP contribution is 2.20. The number of nitrogens with one attached hydrogen (secondary N) is 1. The third-order valence-corrected chi connectivity index (χ3v) is 5.35. The number of piperazine rings is 1. The van der Waals surface area contributed by atoms with Crippen LogP contribution in [-0.4, -0.2) is 80.5 Å². The molecule has 0 bridgehead atoms. The van der Waals surface area contributed by atoms with Crippen LogP contribution in [0.3, 0.4) is 0 Å². The Morgan fingerprint density at radius 1 is 1.00 bits per heavy atom. The molecule has 2 aromatic rings. The minimum Gasteiger partial charge on any atom is -0.497 e. The number of carbonyl (C=O) groups excluding carboxylic acids is 1. The zero-order valence-electron chi connectivity index (χ0n) is 17.5. The van der Waals surface area contributed by atoms with E-state index in [2.05, 4.69) is 20.1 Å². The van der Waals surface area contributed by atoms with Gasteiger partial charge in [-0.1, -0.05) is 0 Å². The maximum atomic E-state index is 12.6. The maximum absolute atomic E-state index is 12.6. The molecule has 2 amide bonds. The van der Waals surface area contributed by atoms with Crippen LogP contribution >= 0.6 is 0 Å². The fourth-order valence-electron chi connectivity index (χ4n) is 3.62. The van der Waals surface area contributed by atoms with Crippen molar-refractivity contribution in [3.8, 4) is 5.75 Å². The number of hydrogen-bond acceptors (Lipinski definition) is 7. The Labute approximate surface area is 176 Å². The summed E-state index contributed by atoms with van der Waals surface area (Å²) < 4.78 is 10.6. The first-order valence-corrected chi connectivity index (χ1v) is 10.3. The number of rotatable bonds is 4. The quantitative estimate of drug-likeness (QED) is 0.822. The summed E-state index contributed by atoms with van der Waals surface area (Å²) in [4.78, 5) is 28.2. The van der Waals surface area contributed by atoms with Crippen LogP contribution in [0.1, 0.15) is 5.69 Å². The Morgan fingerprint density at radius 3 is 2.37 bits per heavy atom. The number of urea groups is 1. The van der Waals surface area contributed by atoms with E-state index in [0.717, 1.165) is 55.2 Å². The monoisotopic (exact) mass is 412 g/mol. The van der Waals surface area contributed by atoms with Crippen molar-refractivity contribution in [1.29, 1.82) is 0 Å². The highest BCUT2D eigenvalue weighted by atomic mass is 16.5. The lowest BCUT2D eigenvalue weighted by Crippen LogP contribution is -2.50. The van der Waals surface area contributed by atoms with Crippen LogP contribution < -0.4 is 19.9 Å². The Balaban J connectivity index is 1.35. The van der Waals surface area contributed by atoms with Gasteiger partial charge in [0.15, 0.2) is 0 Å². The average Bonchev–Trinajstić information content (AvgIpc) is 2.80. The van der Waals surface area contributed by atoms with E-state index in [4.69, 9.17) is 14.5 Å². The van der Waals surface area contributed by atoms with E-state index in [-0.39, 0.29) is 6.03 Å². The third kappa shape index (κ3) is 4.73. The van der Waals surface area contributed by atoms with Gasteiger partial charge in [-0.15, -0.1) is 0 Å². The van der Waals surface area contributed by atoms with Crippen molar-refractivity contribution in [3.05, 3.63) is 36.0 Å². The van der Waals surface area contributed by atoms with Crippen LogP contribution in [0, 0.1) is 6.92 Å². The second kappa shape index (κ2) is 9.17. The van der Waals surface area contributed by atoms with Crippen molar-refractivity contribution in [3.63, 3.8) is 0 Å². The number of ether oxygens (including phenoxy) is 2. The van der Waals surface area contributed by atoms with Gasteiger partial charge in [0.25, 0.3) is 0 Å². The number of aryl methyl sites for hydroxylation is 1. The average molecular weight is 412 g/mol. The standard InChI is InChI=1S/C21H28N6O3/c1-16-15-19(25-11-13-30-14-12-25)24-20(22-16)26-7-9-27(10-8-26)21(28)23-17-3-5-18(29-2)6-4-17/h3-6,15H,7-14H2,1-2H3,(H,23,28). The first-order valence-electron chi connectivity index (χ1n) is 10.3. The molecule has 0 unspecified atom stereocenters. The molecule has 0 spiro atoms. The van der Waals surface area contributed by atoms with E-state index in [1.807, 2.05) is 42.2 Å². The molecule has 2 aliphatic heterocycles. The first-order chi connectivity index (χ1) is 14.6. The molecule has 2 saturated heterocycles. The van der Waals surface area contributed by atoms with Crippen LogP contribution in [0.15, 0.2) is 30.3 Å². The van der Waals surface area contributed by atoms with Gasteiger partial charge in [-0.3, -0.25) is 0 Å². The highest BCUT2D eigenvalue weighted by Gasteiger charge is 2.24. The summed E-state index contributed by atoms with van der Waals surface area (Å²) in [5.41, 5.74) is 1.70. The lowest BCUT2D eigenvalue weighted by Gasteiger charge is -2.35. The van der Waals surface area contributed by atoms with Crippen molar-refractivity contribution in [2.24, 2.45) is 0 Å². The Bertz CT molecular complexity index is 862. The molecule has 3 heterocycles. The number of hydrogen-bond donors (Lipinski definition) is 1. The number of nitrogens with zero attached hydrogens (tertiary/aromatic N) is 5. The summed E-state index contributed by atoms with van der Waals surface area (Å²) in [5, 5.41) is 2.94. The molecule has 160 valence electrons. The number of carbonyl (C=O) groups is 1. The van der Waals surface area contributed by atoms with E-state index in [0.29, 0.717) is 26.2 Å². The zero-order chi connectivity index (χ0) is 20.9. The van der Waals surface area contributed by atoms with Gasteiger partial charge >= 0.3 is 6.03 Å². The zero-order valence-corrected chi connectivity index (χ0v) is 17.5. The van der Waals surface area contributed by atoms with Gasteiger partial charge in [0.2, 0.25) is 5.95 Å². The van der Waals surface area contributed by atoms with Gasteiger partial charge in [-0.05, 0) is 31.2 Å². The number of benzene rings is 1. The molecule has 0 aliphatic carbocycles. The van der Waals surface area contributed by atoms with E-state index < -0.39 is 0 Å². The summed E-state index contributed by atoms with van der Waals surface area (Å²) in [5.74, 6) is 2.43. The Hall–Kier alpha value is -3.07. The van der Waals surface area contributed by atoms with Gasteiger partial charge in [-0.25, -0.2) is 9.78 Å². The van der Waals surface area contributed by atoms with Crippen LogP contribution in [-0.2, 0) is 4.74 Å². The molecule has 0 atom stereocenters. The van der Waals surface area contributed by atoms with Gasteiger partial charge in [0, 0.05) is 56.7 Å². The molecular formula is C21H28N6O3. The topological polar surface area (TPSA) is 83.1 Å².